The highest BCUT2D eigenvalue weighted by Crippen LogP contribution is 2.17. The molecule has 5 nitrogen and oxygen atoms in total. The van der Waals surface area contributed by atoms with E-state index in [1.807, 2.05) is 0 Å². The lowest BCUT2D eigenvalue weighted by molar-refractivity contribution is -0.122. The molecule has 0 aromatic heterocycles. The van der Waals surface area contributed by atoms with E-state index in [1.165, 1.54) is 0 Å². The molecule has 20 heavy (non-hydrogen) atoms. The fraction of sp³-hybridized carbons (Fsp3) is 0.533. The van der Waals surface area contributed by atoms with E-state index in [0.29, 0.717) is 6.42 Å². The Labute approximate surface area is 119 Å². The minimum atomic E-state index is -0.693. The van der Waals surface area contributed by atoms with Gasteiger partial charge in [-0.15, -0.1) is 0 Å². The molecular weight excluding hydrogens is 256 g/mol. The summed E-state index contributed by atoms with van der Waals surface area (Å²) in [5.74, 6) is 0.731. The van der Waals surface area contributed by atoms with Gasteiger partial charge in [-0.3, -0.25) is 4.79 Å². The first-order valence-electron chi connectivity index (χ1n) is 7.01. The molecule has 1 amide bonds. The van der Waals surface area contributed by atoms with Gasteiger partial charge in [0.1, 0.15) is 5.75 Å². The summed E-state index contributed by atoms with van der Waals surface area (Å²) >= 11 is 0. The maximum Gasteiger partial charge on any atom is 0.221 e. The Morgan fingerprint density at radius 2 is 2.25 bits per heavy atom. The van der Waals surface area contributed by atoms with Crippen molar-refractivity contribution in [2.24, 2.45) is 0 Å². The molecule has 1 fully saturated rings. The number of carbonyl (C=O) groups is 1. The van der Waals surface area contributed by atoms with Gasteiger partial charge in [-0.25, -0.2) is 0 Å². The number of rotatable bonds is 6. The van der Waals surface area contributed by atoms with E-state index in [0.717, 1.165) is 30.7 Å². The molecule has 0 bridgehead atoms. The Kier molecular flexibility index (Phi) is 5.38. The molecule has 1 aromatic carbocycles. The van der Waals surface area contributed by atoms with E-state index in [-0.39, 0.29) is 18.5 Å². The molecule has 1 saturated heterocycles. The predicted molar refractivity (Wildman–Crippen MR) is 76.6 cm³/mol. The van der Waals surface area contributed by atoms with Crippen molar-refractivity contribution in [1.29, 1.82) is 0 Å². The molecule has 0 saturated carbocycles. The Morgan fingerprint density at radius 3 is 2.85 bits per heavy atom. The number of hydrogen-bond donors (Lipinski definition) is 3. The second-order valence-corrected chi connectivity index (χ2v) is 5.09. The van der Waals surface area contributed by atoms with Gasteiger partial charge in [0, 0.05) is 19.0 Å². The first-order chi connectivity index (χ1) is 9.69. The minimum Gasteiger partial charge on any atom is -0.497 e. The van der Waals surface area contributed by atoms with Gasteiger partial charge in [0.2, 0.25) is 5.91 Å². The number of carbonyl (C=O) groups excluding carboxylic acids is 1. The van der Waals surface area contributed by atoms with Crippen molar-refractivity contribution in [2.75, 3.05) is 20.2 Å². The van der Waals surface area contributed by atoms with Gasteiger partial charge in [0.25, 0.3) is 0 Å². The lowest BCUT2D eigenvalue weighted by Gasteiger charge is -2.14. The fourth-order valence-electron chi connectivity index (χ4n) is 2.38. The molecule has 0 radical (unpaired) electrons. The molecule has 2 unspecified atom stereocenters. The van der Waals surface area contributed by atoms with Crippen LogP contribution in [0.4, 0.5) is 0 Å². The molecule has 0 spiro atoms. The number of methoxy groups -OCH3 is 1. The van der Waals surface area contributed by atoms with Crippen molar-refractivity contribution in [3.63, 3.8) is 0 Å². The molecule has 2 rings (SSSR count). The third-order valence-corrected chi connectivity index (χ3v) is 3.59. The van der Waals surface area contributed by atoms with Gasteiger partial charge >= 0.3 is 0 Å². The van der Waals surface area contributed by atoms with E-state index >= 15 is 0 Å². The van der Waals surface area contributed by atoms with Crippen LogP contribution in [-0.2, 0) is 4.79 Å². The quantitative estimate of drug-likeness (QED) is 0.725. The summed E-state index contributed by atoms with van der Waals surface area (Å²) in [4.78, 5) is 11.8. The zero-order valence-corrected chi connectivity index (χ0v) is 11.8. The number of aliphatic hydroxyl groups excluding tert-OH is 1. The standard InChI is InChI=1S/C15H22N2O3/c1-20-13-6-4-11(5-7-13)14(18)10-17-15(19)9-12-3-2-8-16-12/h4-7,12,14,16,18H,2-3,8-10H2,1H3,(H,17,19). The number of hydrogen-bond acceptors (Lipinski definition) is 4. The molecule has 2 atom stereocenters. The van der Waals surface area contributed by atoms with Gasteiger partial charge in [-0.2, -0.15) is 0 Å². The third-order valence-electron chi connectivity index (χ3n) is 3.59. The number of nitrogens with one attached hydrogen (secondary N) is 2. The van der Waals surface area contributed by atoms with Gasteiger partial charge in [-0.1, -0.05) is 12.1 Å². The Bertz CT molecular complexity index is 427. The fourth-order valence-corrected chi connectivity index (χ4v) is 2.38. The van der Waals surface area contributed by atoms with Crippen LogP contribution in [0.25, 0.3) is 0 Å². The van der Waals surface area contributed by atoms with Crippen LogP contribution in [0, 0.1) is 0 Å². The van der Waals surface area contributed by atoms with Crippen molar-refractivity contribution >= 4 is 5.91 Å². The van der Waals surface area contributed by atoms with Gasteiger partial charge < -0.3 is 20.5 Å². The summed E-state index contributed by atoms with van der Waals surface area (Å²) in [5, 5.41) is 16.1. The number of ether oxygens (including phenoxy) is 1. The van der Waals surface area contributed by atoms with Crippen molar-refractivity contribution in [3.8, 4) is 5.75 Å². The maximum absolute atomic E-state index is 11.8. The molecule has 1 aliphatic rings. The lowest BCUT2D eigenvalue weighted by atomic mass is 10.1. The molecule has 5 heteroatoms. The Balaban J connectivity index is 1.75. The van der Waals surface area contributed by atoms with Crippen molar-refractivity contribution < 1.29 is 14.6 Å². The summed E-state index contributed by atoms with van der Waals surface area (Å²) in [5.41, 5.74) is 0.769. The van der Waals surface area contributed by atoms with Crippen LogP contribution < -0.4 is 15.4 Å². The zero-order chi connectivity index (χ0) is 14.4. The maximum atomic E-state index is 11.8. The van der Waals surface area contributed by atoms with Crippen LogP contribution >= 0.6 is 0 Å². The van der Waals surface area contributed by atoms with Crippen LogP contribution in [0.3, 0.4) is 0 Å². The highest BCUT2D eigenvalue weighted by molar-refractivity contribution is 5.76. The summed E-state index contributed by atoms with van der Waals surface area (Å²) < 4.78 is 5.06. The molecule has 0 aliphatic carbocycles. The van der Waals surface area contributed by atoms with Gasteiger partial charge in [-0.05, 0) is 37.1 Å². The molecular formula is C15H22N2O3. The molecule has 1 heterocycles. The monoisotopic (exact) mass is 278 g/mol. The summed E-state index contributed by atoms with van der Waals surface area (Å²) in [7, 11) is 1.60. The Hall–Kier alpha value is -1.59. The van der Waals surface area contributed by atoms with Gasteiger partial charge in [0.15, 0.2) is 0 Å². The molecule has 110 valence electrons. The van der Waals surface area contributed by atoms with Crippen LogP contribution in [0.5, 0.6) is 5.75 Å². The second-order valence-electron chi connectivity index (χ2n) is 5.09. The summed E-state index contributed by atoms with van der Waals surface area (Å²) in [6, 6.07) is 7.47. The van der Waals surface area contributed by atoms with E-state index in [1.54, 1.807) is 31.4 Å². The normalized spacial score (nSPS) is 19.6. The van der Waals surface area contributed by atoms with E-state index < -0.39 is 6.10 Å². The lowest BCUT2D eigenvalue weighted by Crippen LogP contribution is -2.34. The number of amides is 1. The van der Waals surface area contributed by atoms with Crippen LogP contribution in [0.15, 0.2) is 24.3 Å². The number of aliphatic hydroxyl groups is 1. The third kappa shape index (κ3) is 4.21. The Morgan fingerprint density at radius 1 is 1.50 bits per heavy atom. The number of benzene rings is 1. The first kappa shape index (κ1) is 14.8. The van der Waals surface area contributed by atoms with Crippen molar-refractivity contribution in [1.82, 2.24) is 10.6 Å². The topological polar surface area (TPSA) is 70.6 Å². The molecule has 1 aliphatic heterocycles. The average molecular weight is 278 g/mol. The average Bonchev–Trinajstić information content (AvgIpc) is 2.97. The van der Waals surface area contributed by atoms with Gasteiger partial charge in [0.05, 0.1) is 13.2 Å². The predicted octanol–water partition coefficient (Wildman–Crippen LogP) is 0.987. The first-order valence-corrected chi connectivity index (χ1v) is 7.01. The smallest absolute Gasteiger partial charge is 0.221 e. The van der Waals surface area contributed by atoms with Crippen LogP contribution in [0.1, 0.15) is 30.9 Å². The molecule has 1 aromatic rings. The minimum absolute atomic E-state index is 0.0167. The highest BCUT2D eigenvalue weighted by atomic mass is 16.5. The SMILES string of the molecule is COc1ccc(C(O)CNC(=O)CC2CCCN2)cc1. The van der Waals surface area contributed by atoms with E-state index in [2.05, 4.69) is 10.6 Å². The van der Waals surface area contributed by atoms with Crippen LogP contribution in [-0.4, -0.2) is 37.3 Å². The highest BCUT2D eigenvalue weighted by Gasteiger charge is 2.18. The second kappa shape index (κ2) is 7.26. The summed E-state index contributed by atoms with van der Waals surface area (Å²) in [6.07, 6.45) is 1.97. The molecule has 3 N–H and O–H groups in total. The van der Waals surface area contributed by atoms with Crippen molar-refractivity contribution in [3.05, 3.63) is 29.8 Å². The van der Waals surface area contributed by atoms with Crippen LogP contribution in [0.2, 0.25) is 0 Å². The van der Waals surface area contributed by atoms with E-state index in [4.69, 9.17) is 4.74 Å². The van der Waals surface area contributed by atoms with Crippen molar-refractivity contribution in [2.45, 2.75) is 31.4 Å². The summed E-state index contributed by atoms with van der Waals surface area (Å²) in [6.45, 7) is 1.23. The zero-order valence-electron chi connectivity index (χ0n) is 11.8. The largest absolute Gasteiger partial charge is 0.497 e. The van der Waals surface area contributed by atoms with E-state index in [9.17, 15) is 9.90 Å².